The summed E-state index contributed by atoms with van der Waals surface area (Å²) in [6, 6.07) is 0. The van der Waals surface area contributed by atoms with Gasteiger partial charge in [0, 0.05) is 7.05 Å². The Hall–Kier alpha value is -2.71. The molecule has 0 bridgehead atoms. The van der Waals surface area contributed by atoms with E-state index >= 15 is 0 Å². The number of rotatable bonds is 1. The van der Waals surface area contributed by atoms with Crippen molar-refractivity contribution in [3.05, 3.63) is 31.1 Å². The van der Waals surface area contributed by atoms with E-state index in [4.69, 9.17) is 0 Å². The Morgan fingerprint density at radius 2 is 1.50 bits per heavy atom. The molecule has 0 aromatic carbocycles. The van der Waals surface area contributed by atoms with Gasteiger partial charge in [-0.2, -0.15) is 0 Å². The molecule has 1 aromatic heterocycles. The summed E-state index contributed by atoms with van der Waals surface area (Å²) in [6.07, 6.45) is 0.624. The summed E-state index contributed by atoms with van der Waals surface area (Å²) in [6.45, 7) is 0. The van der Waals surface area contributed by atoms with Crippen LogP contribution in [-0.4, -0.2) is 27.2 Å². The highest BCUT2D eigenvalue weighted by atomic mass is 16.2. The predicted molar refractivity (Wildman–Crippen MR) is 51.2 cm³/mol. The summed E-state index contributed by atoms with van der Waals surface area (Å²) >= 11 is 0. The van der Waals surface area contributed by atoms with Crippen molar-refractivity contribution in [3.8, 4) is 0 Å². The molecule has 0 aliphatic rings. The first-order valence-corrected chi connectivity index (χ1v) is 3.91. The van der Waals surface area contributed by atoms with Crippen LogP contribution in [-0.2, 0) is 21.4 Å². The quantitative estimate of drug-likeness (QED) is 0.448. The molecule has 0 spiro atoms. The molecule has 0 amide bonds. The van der Waals surface area contributed by atoms with Crippen LogP contribution in [0.1, 0.15) is 0 Å². The van der Waals surface area contributed by atoms with Gasteiger partial charge in [0.05, 0.1) is 0 Å². The molecule has 16 heavy (non-hydrogen) atoms. The predicted octanol–water partition coefficient (Wildman–Crippen LogP) is -4.14. The van der Waals surface area contributed by atoms with E-state index in [1.54, 1.807) is 0 Å². The minimum absolute atomic E-state index is 0.552. The fourth-order valence-corrected chi connectivity index (χ4v) is 1.11. The molecule has 1 heterocycles. The van der Waals surface area contributed by atoms with Crippen molar-refractivity contribution in [2.24, 2.45) is 7.05 Å². The number of nitrogens with zero attached hydrogens (tertiary/aromatic N) is 2. The molecule has 1 aromatic rings. The van der Waals surface area contributed by atoms with E-state index in [1.807, 2.05) is 0 Å². The molecule has 0 unspecified atom stereocenters. The summed E-state index contributed by atoms with van der Waals surface area (Å²) < 4.78 is 1.24. The van der Waals surface area contributed by atoms with E-state index in [-0.39, 0.29) is 0 Å². The fourth-order valence-electron chi connectivity index (χ4n) is 1.11. The first kappa shape index (κ1) is 11.4. The van der Waals surface area contributed by atoms with Gasteiger partial charge in [0.25, 0.3) is 11.1 Å². The van der Waals surface area contributed by atoms with Crippen molar-refractivity contribution in [1.82, 2.24) is 9.36 Å². The molecule has 80 valence electrons. The summed E-state index contributed by atoms with van der Waals surface area (Å²) in [4.78, 5) is 53.9. The maximum atomic E-state index is 11.5. The number of carbonyl (C=O) groups excluding carboxylic acids is 3. The highest BCUT2D eigenvalue weighted by molar-refractivity contribution is 5.63. The maximum absolute atomic E-state index is 11.5. The van der Waals surface area contributed by atoms with Crippen LogP contribution in [0.3, 0.4) is 0 Å². The lowest BCUT2D eigenvalue weighted by atomic mass is 10.4. The Bertz CT molecular complexity index is 766. The Labute approximate surface area is 86.8 Å². The normalized spacial score (nSPS) is 8.81. The van der Waals surface area contributed by atoms with Crippen molar-refractivity contribution in [2.45, 2.75) is 0 Å². The largest absolute Gasteiger partial charge is 0.290 e. The highest BCUT2D eigenvalue weighted by Gasteiger charge is 2.07. The number of hydrogen-bond acceptors (Lipinski definition) is 5. The lowest BCUT2D eigenvalue weighted by Gasteiger charge is -2.02. The van der Waals surface area contributed by atoms with Crippen molar-refractivity contribution >= 4 is 24.0 Å². The standard InChI is InChI=1S/C9H4N2O5/c1-10-8(15)6(4-13)7(5-14)9(16)11(10)2-3-12/h2H,1H3. The van der Waals surface area contributed by atoms with Crippen molar-refractivity contribution < 1.29 is 14.4 Å². The minimum Gasteiger partial charge on any atom is -0.266 e. The maximum Gasteiger partial charge on any atom is 0.290 e. The van der Waals surface area contributed by atoms with Gasteiger partial charge in [-0.15, -0.1) is 0 Å². The van der Waals surface area contributed by atoms with Crippen LogP contribution in [0.4, 0.5) is 0 Å². The third-order valence-electron chi connectivity index (χ3n) is 1.88. The van der Waals surface area contributed by atoms with E-state index in [9.17, 15) is 24.0 Å². The lowest BCUT2D eigenvalue weighted by molar-refractivity contribution is 0.555. The molecular weight excluding hydrogens is 216 g/mol. The topological polar surface area (TPSA) is 95.2 Å². The van der Waals surface area contributed by atoms with Gasteiger partial charge in [-0.25, -0.2) is 23.7 Å². The average molecular weight is 220 g/mol. The molecule has 0 aliphatic carbocycles. The summed E-state index contributed by atoms with van der Waals surface area (Å²) in [7, 11) is 1.15. The molecule has 0 N–H and O–H groups in total. The van der Waals surface area contributed by atoms with Crippen LogP contribution in [0.25, 0.3) is 6.20 Å². The van der Waals surface area contributed by atoms with E-state index < -0.39 is 21.6 Å². The van der Waals surface area contributed by atoms with E-state index in [1.165, 1.54) is 17.8 Å². The molecule has 0 fully saturated rings. The number of hydrogen-bond donors (Lipinski definition) is 0. The van der Waals surface area contributed by atoms with Gasteiger partial charge in [-0.3, -0.25) is 9.59 Å². The molecule has 0 radical (unpaired) electrons. The monoisotopic (exact) mass is 220 g/mol. The Balaban J connectivity index is 4.38. The second kappa shape index (κ2) is 4.21. The third-order valence-corrected chi connectivity index (χ3v) is 1.88. The van der Waals surface area contributed by atoms with Crippen molar-refractivity contribution in [2.75, 3.05) is 0 Å². The molecule has 0 aliphatic heterocycles. The van der Waals surface area contributed by atoms with Gasteiger partial charge in [-0.05, 0) is 0 Å². The highest BCUT2D eigenvalue weighted by Crippen LogP contribution is 1.66. The van der Waals surface area contributed by atoms with Crippen LogP contribution in [0.2, 0.25) is 0 Å². The van der Waals surface area contributed by atoms with Crippen LogP contribution >= 0.6 is 0 Å². The van der Waals surface area contributed by atoms with Crippen LogP contribution in [0, 0.1) is 0 Å². The van der Waals surface area contributed by atoms with Crippen molar-refractivity contribution in [1.29, 1.82) is 0 Å². The van der Waals surface area contributed by atoms with Crippen LogP contribution in [0.15, 0.2) is 9.59 Å². The zero-order valence-electron chi connectivity index (χ0n) is 8.01. The van der Waals surface area contributed by atoms with Gasteiger partial charge in [0.1, 0.15) is 34.5 Å². The SMILES string of the molecule is Cn1c(=O)c(=C=O)c(=C=O)c(=O)n1C=C=O. The van der Waals surface area contributed by atoms with Crippen molar-refractivity contribution in [3.63, 3.8) is 0 Å². The Morgan fingerprint density at radius 1 is 1.00 bits per heavy atom. The van der Waals surface area contributed by atoms with Gasteiger partial charge in [0.15, 0.2) is 0 Å². The third kappa shape index (κ3) is 1.49. The second-order valence-electron chi connectivity index (χ2n) is 2.68. The van der Waals surface area contributed by atoms with E-state index in [2.05, 4.69) is 0 Å². The smallest absolute Gasteiger partial charge is 0.266 e. The van der Waals surface area contributed by atoms with Gasteiger partial charge in [-0.1, -0.05) is 0 Å². The Kier molecular flexibility index (Phi) is 2.99. The molecule has 1 rings (SSSR count). The Morgan fingerprint density at radius 3 is 1.94 bits per heavy atom. The summed E-state index contributed by atoms with van der Waals surface area (Å²) in [5, 5.41) is -1.47. The van der Waals surface area contributed by atoms with Gasteiger partial charge < -0.3 is 0 Å². The van der Waals surface area contributed by atoms with Crippen LogP contribution in [0.5, 0.6) is 0 Å². The molecule has 7 nitrogen and oxygen atoms in total. The molecule has 0 saturated heterocycles. The summed E-state index contributed by atoms with van der Waals surface area (Å²) in [5.41, 5.74) is -1.95. The van der Waals surface area contributed by atoms with Gasteiger partial charge in [0.2, 0.25) is 0 Å². The molecule has 0 saturated carbocycles. The van der Waals surface area contributed by atoms with Crippen LogP contribution < -0.4 is 21.6 Å². The van der Waals surface area contributed by atoms with Gasteiger partial charge >= 0.3 is 0 Å². The zero-order chi connectivity index (χ0) is 12.3. The van der Waals surface area contributed by atoms with E-state index in [0.29, 0.717) is 15.6 Å². The first-order valence-electron chi connectivity index (χ1n) is 3.91. The second-order valence-corrected chi connectivity index (χ2v) is 2.68. The zero-order valence-corrected chi connectivity index (χ0v) is 8.01. The fraction of sp³-hybridized carbons (Fsp3) is 0.111. The molecule has 7 heteroatoms. The van der Waals surface area contributed by atoms with E-state index in [0.717, 1.165) is 7.05 Å². The lowest BCUT2D eigenvalue weighted by Crippen LogP contribution is -2.58. The first-order chi connectivity index (χ1) is 7.58. The number of aromatic nitrogens is 2. The molecular formula is C9H4N2O5. The average Bonchev–Trinajstić information content (AvgIpc) is 2.29. The summed E-state index contributed by atoms with van der Waals surface area (Å²) in [5.74, 6) is 3.65. The molecule has 0 atom stereocenters. The minimum atomic E-state index is -1.02.